The van der Waals surface area contributed by atoms with Crippen molar-refractivity contribution in [3.05, 3.63) is 37.0 Å². The maximum atomic E-state index is 13.0. The zero-order valence-corrected chi connectivity index (χ0v) is 19.8. The van der Waals surface area contributed by atoms with E-state index in [-0.39, 0.29) is 41.6 Å². The van der Waals surface area contributed by atoms with Gasteiger partial charge in [0.2, 0.25) is 0 Å². The van der Waals surface area contributed by atoms with Crippen LogP contribution in [0.1, 0.15) is 25.8 Å². The van der Waals surface area contributed by atoms with E-state index in [1.54, 1.807) is 6.21 Å². The van der Waals surface area contributed by atoms with Crippen molar-refractivity contribution in [1.29, 1.82) is 0 Å². The second kappa shape index (κ2) is 6.78. The highest BCUT2D eigenvalue weighted by molar-refractivity contribution is 14.1. The molecule has 3 fully saturated rings. The number of rotatable bonds is 4. The Bertz CT molecular complexity index is 883. The van der Waals surface area contributed by atoms with Crippen LogP contribution in [-0.2, 0) is 9.59 Å². The number of imide groups is 1. The summed E-state index contributed by atoms with van der Waals surface area (Å²) in [5.74, 6) is 1.87. The summed E-state index contributed by atoms with van der Waals surface area (Å²) in [5.41, 5.74) is 0.851. The van der Waals surface area contributed by atoms with Gasteiger partial charge >= 0.3 is 0 Å². The van der Waals surface area contributed by atoms with Crippen molar-refractivity contribution < 1.29 is 14.3 Å². The fraction of sp³-hybridized carbons (Fsp3) is 0.476. The van der Waals surface area contributed by atoms with Gasteiger partial charge in [0.1, 0.15) is 5.75 Å². The van der Waals surface area contributed by atoms with Crippen molar-refractivity contribution in [3.63, 3.8) is 0 Å². The van der Waals surface area contributed by atoms with Crippen LogP contribution in [-0.4, -0.2) is 29.1 Å². The van der Waals surface area contributed by atoms with E-state index in [0.717, 1.165) is 23.5 Å². The van der Waals surface area contributed by atoms with E-state index in [1.807, 2.05) is 26.0 Å². The van der Waals surface area contributed by atoms with Crippen LogP contribution in [0.25, 0.3) is 0 Å². The van der Waals surface area contributed by atoms with Gasteiger partial charge in [-0.2, -0.15) is 10.1 Å². The highest BCUT2D eigenvalue weighted by Crippen LogP contribution is 2.65. The van der Waals surface area contributed by atoms with Gasteiger partial charge in [0.25, 0.3) is 11.8 Å². The van der Waals surface area contributed by atoms with E-state index >= 15 is 0 Å². The lowest BCUT2D eigenvalue weighted by molar-refractivity contribution is -0.140. The Hall–Kier alpha value is -0.970. The van der Waals surface area contributed by atoms with Gasteiger partial charge in [-0.05, 0) is 107 Å². The van der Waals surface area contributed by atoms with Gasteiger partial charge in [0, 0.05) is 0 Å². The van der Waals surface area contributed by atoms with Crippen LogP contribution in [0.4, 0.5) is 0 Å². The van der Waals surface area contributed by atoms with E-state index in [0.29, 0.717) is 11.8 Å². The zero-order valence-electron chi connectivity index (χ0n) is 15.5. The maximum Gasteiger partial charge on any atom is 0.254 e. The number of ether oxygens (including phenoxy) is 1. The predicted octanol–water partition coefficient (Wildman–Crippen LogP) is 4.07. The van der Waals surface area contributed by atoms with Crippen LogP contribution in [0, 0.1) is 42.6 Å². The number of carbonyl (C=O) groups excluding carboxylic acids is 2. The third kappa shape index (κ3) is 2.86. The molecule has 146 valence electrons. The van der Waals surface area contributed by atoms with Crippen molar-refractivity contribution in [3.8, 4) is 5.75 Å². The Labute approximate surface area is 191 Å². The van der Waals surface area contributed by atoms with Crippen LogP contribution in [0.3, 0.4) is 0 Å². The normalized spacial score (nSPS) is 35.1. The largest absolute Gasteiger partial charge is 0.489 e. The number of allylic oxidation sites excluding steroid dienone is 2. The van der Waals surface area contributed by atoms with E-state index in [1.165, 1.54) is 6.42 Å². The average Bonchev–Trinajstić information content (AvgIpc) is 3.42. The third-order valence-electron chi connectivity index (χ3n) is 6.34. The molecule has 0 spiro atoms. The second-order valence-corrected chi connectivity index (χ2v) is 10.7. The topological polar surface area (TPSA) is 59.0 Å². The Morgan fingerprint density at radius 3 is 2.11 bits per heavy atom. The molecule has 28 heavy (non-hydrogen) atoms. The number of carbonyl (C=O) groups is 2. The van der Waals surface area contributed by atoms with Crippen LogP contribution in [0.2, 0.25) is 0 Å². The smallest absolute Gasteiger partial charge is 0.254 e. The third-order valence-corrected chi connectivity index (χ3v) is 7.94. The number of hydrogen-bond donors (Lipinski definition) is 0. The van der Waals surface area contributed by atoms with Crippen molar-refractivity contribution in [1.82, 2.24) is 5.01 Å². The molecule has 5 aliphatic rings. The molecule has 6 atom stereocenters. The predicted molar refractivity (Wildman–Crippen MR) is 122 cm³/mol. The van der Waals surface area contributed by atoms with Gasteiger partial charge in [-0.1, -0.05) is 12.2 Å². The van der Waals surface area contributed by atoms with Crippen molar-refractivity contribution in [2.45, 2.75) is 26.4 Å². The first-order valence-corrected chi connectivity index (χ1v) is 11.8. The first-order valence-electron chi connectivity index (χ1n) is 9.62. The number of hydrogen-bond acceptors (Lipinski definition) is 4. The first-order chi connectivity index (χ1) is 13.4. The monoisotopic (exact) mass is 602 g/mol. The summed E-state index contributed by atoms with van der Waals surface area (Å²) in [6.45, 7) is 4.00. The van der Waals surface area contributed by atoms with Crippen LogP contribution >= 0.6 is 45.2 Å². The molecular weight excluding hydrogens is 582 g/mol. The summed E-state index contributed by atoms with van der Waals surface area (Å²) in [4.78, 5) is 25.9. The molecule has 1 saturated heterocycles. The summed E-state index contributed by atoms with van der Waals surface area (Å²) in [5, 5.41) is 5.45. The number of nitrogens with zero attached hydrogens (tertiary/aromatic N) is 2. The molecule has 1 heterocycles. The maximum absolute atomic E-state index is 13.0. The molecule has 7 heteroatoms. The Kier molecular flexibility index (Phi) is 4.61. The second-order valence-electron chi connectivity index (χ2n) is 8.37. The minimum atomic E-state index is -0.203. The van der Waals surface area contributed by atoms with Crippen LogP contribution in [0.15, 0.2) is 29.4 Å². The molecule has 6 rings (SSSR count). The van der Waals surface area contributed by atoms with Gasteiger partial charge in [-0.3, -0.25) is 9.59 Å². The van der Waals surface area contributed by atoms with Gasteiger partial charge in [0.05, 0.1) is 31.3 Å². The summed E-state index contributed by atoms with van der Waals surface area (Å²) >= 11 is 4.48. The minimum Gasteiger partial charge on any atom is -0.489 e. The molecule has 1 aromatic rings. The van der Waals surface area contributed by atoms with Gasteiger partial charge in [-0.15, -0.1) is 0 Å². The van der Waals surface area contributed by atoms with Crippen molar-refractivity contribution in [2.75, 3.05) is 0 Å². The fourth-order valence-electron chi connectivity index (χ4n) is 5.18. The lowest BCUT2D eigenvalue weighted by Crippen LogP contribution is -2.40. The zero-order chi connectivity index (χ0) is 19.7. The van der Waals surface area contributed by atoms with E-state index in [4.69, 9.17) is 4.74 Å². The Balaban J connectivity index is 1.39. The standard InChI is InChI=1S/C21H20I2N2O3/c1-9(2)28-19-15(22)5-10(6-16(19)23)8-24-25-20(26)17-11-3-4-12(14-7-13(11)14)18(17)21(25)27/h3-6,8-9,11-14,17-18H,7H2,1-2H3/b24-8-/t11-,12-,13-,14-,17-,18+/m0/s1. The van der Waals surface area contributed by atoms with Crippen molar-refractivity contribution in [2.24, 2.45) is 40.6 Å². The summed E-state index contributed by atoms with van der Waals surface area (Å²) in [6.07, 6.45) is 7.24. The molecule has 0 aromatic heterocycles. The molecule has 0 N–H and O–H groups in total. The number of halogens is 2. The Morgan fingerprint density at radius 2 is 1.61 bits per heavy atom. The van der Waals surface area contributed by atoms with Gasteiger partial charge < -0.3 is 4.74 Å². The average molecular weight is 602 g/mol. The van der Waals surface area contributed by atoms with E-state index in [9.17, 15) is 9.59 Å². The van der Waals surface area contributed by atoms with Crippen LogP contribution < -0.4 is 4.74 Å². The highest BCUT2D eigenvalue weighted by Gasteiger charge is 2.67. The SMILES string of the molecule is CC(C)Oc1c(I)cc(/C=N\N2C(=O)[C@@H]3[C@H]4C=C[C@@H]([C@@H]5C[C@@H]45)[C@@H]3C2=O)cc1I. The molecular formula is C21H20I2N2O3. The molecule has 5 nitrogen and oxygen atoms in total. The van der Waals surface area contributed by atoms with Gasteiger partial charge in [0.15, 0.2) is 0 Å². The van der Waals surface area contributed by atoms with Crippen molar-refractivity contribution >= 4 is 63.2 Å². The quantitative estimate of drug-likeness (QED) is 0.226. The molecule has 2 saturated carbocycles. The molecule has 1 aromatic carbocycles. The fourth-order valence-corrected chi connectivity index (χ4v) is 7.25. The molecule has 0 radical (unpaired) electrons. The Morgan fingerprint density at radius 1 is 1.07 bits per heavy atom. The number of amides is 2. The summed E-state index contributed by atoms with van der Waals surface area (Å²) in [7, 11) is 0. The van der Waals surface area contributed by atoms with E-state index < -0.39 is 0 Å². The number of hydrazone groups is 1. The first kappa shape index (κ1) is 19.0. The molecule has 4 aliphatic carbocycles. The molecule has 2 bridgehead atoms. The summed E-state index contributed by atoms with van der Waals surface area (Å²) in [6, 6.07) is 3.92. The summed E-state index contributed by atoms with van der Waals surface area (Å²) < 4.78 is 7.83. The molecule has 0 unspecified atom stereocenters. The van der Waals surface area contributed by atoms with Crippen LogP contribution in [0.5, 0.6) is 5.75 Å². The van der Waals surface area contributed by atoms with E-state index in [2.05, 4.69) is 62.4 Å². The van der Waals surface area contributed by atoms with Gasteiger partial charge in [-0.25, -0.2) is 0 Å². The molecule has 2 amide bonds. The lowest BCUT2D eigenvalue weighted by atomic mass is 9.63. The minimum absolute atomic E-state index is 0.0972. The highest BCUT2D eigenvalue weighted by atomic mass is 127. The lowest BCUT2D eigenvalue weighted by Gasteiger charge is -2.37. The molecule has 1 aliphatic heterocycles. The number of benzene rings is 1.